The summed E-state index contributed by atoms with van der Waals surface area (Å²) in [5.74, 6) is 0.436. The van der Waals surface area contributed by atoms with Crippen LogP contribution < -0.4 is 5.32 Å². The molecule has 0 saturated heterocycles. The highest BCUT2D eigenvalue weighted by molar-refractivity contribution is 5.27. The van der Waals surface area contributed by atoms with Crippen LogP contribution in [0, 0.1) is 18.7 Å². The van der Waals surface area contributed by atoms with E-state index in [1.807, 2.05) is 13.0 Å². The molecule has 1 nitrogen and oxygen atoms in total. The highest BCUT2D eigenvalue weighted by Gasteiger charge is 2.15. The van der Waals surface area contributed by atoms with Crippen molar-refractivity contribution in [3.05, 3.63) is 35.1 Å². The Balaban J connectivity index is 2.64. The number of aryl methyl sites for hydroxylation is 1. The predicted molar refractivity (Wildman–Crippen MR) is 76.4 cm³/mol. The normalized spacial score (nSPS) is 14.5. The van der Waals surface area contributed by atoms with E-state index in [4.69, 9.17) is 0 Å². The molecule has 1 rings (SSSR count). The summed E-state index contributed by atoms with van der Waals surface area (Å²) >= 11 is 0. The van der Waals surface area contributed by atoms with Gasteiger partial charge in [0.2, 0.25) is 0 Å². The first-order valence-corrected chi connectivity index (χ1v) is 7.06. The molecule has 0 bridgehead atoms. The quantitative estimate of drug-likeness (QED) is 0.769. The molecule has 0 heterocycles. The summed E-state index contributed by atoms with van der Waals surface area (Å²) in [6.45, 7) is 9.76. The second-order valence-electron chi connectivity index (χ2n) is 5.22. The van der Waals surface area contributed by atoms with Gasteiger partial charge in [0.25, 0.3) is 0 Å². The Hall–Kier alpha value is -0.890. The molecular weight excluding hydrogens is 225 g/mol. The topological polar surface area (TPSA) is 12.0 Å². The molecule has 18 heavy (non-hydrogen) atoms. The molecule has 0 amide bonds. The van der Waals surface area contributed by atoms with Crippen molar-refractivity contribution in [1.82, 2.24) is 5.32 Å². The van der Waals surface area contributed by atoms with E-state index in [-0.39, 0.29) is 5.82 Å². The maximum absolute atomic E-state index is 13.1. The first kappa shape index (κ1) is 15.2. The minimum absolute atomic E-state index is 0.139. The van der Waals surface area contributed by atoms with Crippen molar-refractivity contribution in [3.63, 3.8) is 0 Å². The smallest absolute Gasteiger partial charge is 0.123 e. The maximum Gasteiger partial charge on any atom is 0.123 e. The molecule has 0 aromatic heterocycles. The zero-order valence-corrected chi connectivity index (χ0v) is 12.1. The molecule has 2 unspecified atom stereocenters. The number of rotatable bonds is 7. The third-order valence-electron chi connectivity index (χ3n) is 3.63. The number of benzene rings is 1. The van der Waals surface area contributed by atoms with Gasteiger partial charge in [-0.25, -0.2) is 4.39 Å². The summed E-state index contributed by atoms with van der Waals surface area (Å²) in [7, 11) is 0. The highest BCUT2D eigenvalue weighted by atomic mass is 19.1. The molecule has 102 valence electrons. The SMILES string of the molecule is CCCNC(CC)C(C)Cc1ccc(F)cc1C. The van der Waals surface area contributed by atoms with Gasteiger partial charge in [-0.3, -0.25) is 0 Å². The molecule has 2 heteroatoms. The standard InChI is InChI=1S/C16H26FN/c1-5-9-18-16(6-2)13(4)10-14-7-8-15(17)11-12(14)3/h7-8,11,13,16,18H,5-6,9-10H2,1-4H3. The molecule has 1 aromatic carbocycles. The number of halogens is 1. The second-order valence-corrected chi connectivity index (χ2v) is 5.22. The Morgan fingerprint density at radius 2 is 2.00 bits per heavy atom. The number of nitrogens with one attached hydrogen (secondary N) is 1. The fourth-order valence-corrected chi connectivity index (χ4v) is 2.46. The zero-order chi connectivity index (χ0) is 13.5. The van der Waals surface area contributed by atoms with Crippen molar-refractivity contribution in [1.29, 1.82) is 0 Å². The summed E-state index contributed by atoms with van der Waals surface area (Å²) in [5, 5.41) is 3.60. The van der Waals surface area contributed by atoms with Crippen LogP contribution in [0.4, 0.5) is 4.39 Å². The van der Waals surface area contributed by atoms with Gasteiger partial charge in [-0.15, -0.1) is 0 Å². The summed E-state index contributed by atoms with van der Waals surface area (Å²) in [5.41, 5.74) is 2.33. The zero-order valence-electron chi connectivity index (χ0n) is 12.1. The lowest BCUT2D eigenvalue weighted by Crippen LogP contribution is -2.36. The molecular formula is C16H26FN. The van der Waals surface area contributed by atoms with Crippen molar-refractivity contribution in [2.75, 3.05) is 6.54 Å². The molecule has 0 aliphatic heterocycles. The molecule has 0 saturated carbocycles. The van der Waals surface area contributed by atoms with Crippen LogP contribution in [0.2, 0.25) is 0 Å². The molecule has 0 spiro atoms. The monoisotopic (exact) mass is 251 g/mol. The Morgan fingerprint density at radius 3 is 2.56 bits per heavy atom. The van der Waals surface area contributed by atoms with E-state index in [2.05, 4.69) is 26.1 Å². The van der Waals surface area contributed by atoms with E-state index in [1.54, 1.807) is 12.1 Å². The van der Waals surface area contributed by atoms with Crippen LogP contribution in [0.25, 0.3) is 0 Å². The van der Waals surface area contributed by atoms with Gasteiger partial charge in [-0.2, -0.15) is 0 Å². The van der Waals surface area contributed by atoms with Crippen molar-refractivity contribution in [2.24, 2.45) is 5.92 Å². The third kappa shape index (κ3) is 4.41. The van der Waals surface area contributed by atoms with Crippen molar-refractivity contribution >= 4 is 0 Å². The van der Waals surface area contributed by atoms with Crippen molar-refractivity contribution in [2.45, 2.75) is 53.0 Å². The van der Waals surface area contributed by atoms with Crippen molar-refractivity contribution < 1.29 is 4.39 Å². The van der Waals surface area contributed by atoms with E-state index in [0.29, 0.717) is 12.0 Å². The van der Waals surface area contributed by atoms with Crippen LogP contribution in [-0.4, -0.2) is 12.6 Å². The van der Waals surface area contributed by atoms with Gasteiger partial charge in [0, 0.05) is 6.04 Å². The van der Waals surface area contributed by atoms with Gasteiger partial charge in [-0.1, -0.05) is 26.8 Å². The van der Waals surface area contributed by atoms with E-state index in [1.165, 1.54) is 12.0 Å². The average molecular weight is 251 g/mol. The van der Waals surface area contributed by atoms with Crippen LogP contribution in [-0.2, 0) is 6.42 Å². The van der Waals surface area contributed by atoms with Gasteiger partial charge in [-0.05, 0) is 61.9 Å². The Labute approximate surface area is 111 Å². The predicted octanol–water partition coefficient (Wildman–Crippen LogP) is 4.09. The molecule has 0 aliphatic rings. The maximum atomic E-state index is 13.1. The Kier molecular flexibility index (Phi) is 6.34. The first-order valence-electron chi connectivity index (χ1n) is 7.06. The van der Waals surface area contributed by atoms with Gasteiger partial charge >= 0.3 is 0 Å². The fraction of sp³-hybridized carbons (Fsp3) is 0.625. The molecule has 1 aromatic rings. The molecule has 0 fully saturated rings. The van der Waals surface area contributed by atoms with E-state index < -0.39 is 0 Å². The van der Waals surface area contributed by atoms with Crippen LogP contribution in [0.3, 0.4) is 0 Å². The Morgan fingerprint density at radius 1 is 1.28 bits per heavy atom. The van der Waals surface area contributed by atoms with Gasteiger partial charge in [0.15, 0.2) is 0 Å². The van der Waals surface area contributed by atoms with Gasteiger partial charge in [0.05, 0.1) is 0 Å². The third-order valence-corrected chi connectivity index (χ3v) is 3.63. The van der Waals surface area contributed by atoms with Crippen molar-refractivity contribution in [3.8, 4) is 0 Å². The average Bonchev–Trinajstić information content (AvgIpc) is 2.34. The molecule has 0 aliphatic carbocycles. The summed E-state index contributed by atoms with van der Waals surface area (Å²) in [4.78, 5) is 0. The molecule has 0 radical (unpaired) electrons. The minimum atomic E-state index is -0.139. The lowest BCUT2D eigenvalue weighted by atomic mass is 9.90. The van der Waals surface area contributed by atoms with Gasteiger partial charge in [0.1, 0.15) is 5.82 Å². The summed E-state index contributed by atoms with van der Waals surface area (Å²) < 4.78 is 13.1. The van der Waals surface area contributed by atoms with Crippen LogP contribution in [0.1, 0.15) is 44.7 Å². The van der Waals surface area contributed by atoms with E-state index in [0.717, 1.165) is 24.9 Å². The fourth-order valence-electron chi connectivity index (χ4n) is 2.46. The number of hydrogen-bond acceptors (Lipinski definition) is 1. The first-order chi connectivity index (χ1) is 8.58. The molecule has 2 atom stereocenters. The second kappa shape index (κ2) is 7.52. The van der Waals surface area contributed by atoms with Crippen LogP contribution >= 0.6 is 0 Å². The van der Waals surface area contributed by atoms with E-state index in [9.17, 15) is 4.39 Å². The van der Waals surface area contributed by atoms with Crippen LogP contribution in [0.15, 0.2) is 18.2 Å². The van der Waals surface area contributed by atoms with Gasteiger partial charge < -0.3 is 5.32 Å². The lowest BCUT2D eigenvalue weighted by molar-refractivity contribution is 0.364. The summed E-state index contributed by atoms with van der Waals surface area (Å²) in [6.07, 6.45) is 3.32. The largest absolute Gasteiger partial charge is 0.314 e. The number of hydrogen-bond donors (Lipinski definition) is 1. The summed E-state index contributed by atoms with van der Waals surface area (Å²) in [6, 6.07) is 5.67. The minimum Gasteiger partial charge on any atom is -0.314 e. The lowest BCUT2D eigenvalue weighted by Gasteiger charge is -2.24. The highest BCUT2D eigenvalue weighted by Crippen LogP contribution is 2.18. The Bertz CT molecular complexity index is 362. The van der Waals surface area contributed by atoms with E-state index >= 15 is 0 Å². The molecule has 1 N–H and O–H groups in total. The van der Waals surface area contributed by atoms with Crippen LogP contribution in [0.5, 0.6) is 0 Å².